The molecule has 0 aliphatic carbocycles. The zero-order chi connectivity index (χ0) is 13.3. The van der Waals surface area contributed by atoms with E-state index in [9.17, 15) is 4.79 Å². The number of nitrogens with zero attached hydrogens (tertiary/aromatic N) is 1. The molecule has 0 atom stereocenters. The Morgan fingerprint density at radius 1 is 0.889 bits per heavy atom. The molecule has 0 radical (unpaired) electrons. The van der Waals surface area contributed by atoms with E-state index in [1.54, 1.807) is 0 Å². The number of unbranched alkanes of at least 4 members (excludes halogenated alkanes) is 6. The van der Waals surface area contributed by atoms with Gasteiger partial charge in [0.1, 0.15) is 0 Å². The van der Waals surface area contributed by atoms with Crippen molar-refractivity contribution >= 4 is 5.91 Å². The second-order valence-electron chi connectivity index (χ2n) is 5.89. The van der Waals surface area contributed by atoms with Gasteiger partial charge in [-0.25, -0.2) is 4.79 Å². The minimum absolute atomic E-state index is 0.485. The monoisotopic (exact) mass is 254 g/mol. The molecule has 1 amide bonds. The van der Waals surface area contributed by atoms with Crippen molar-refractivity contribution in [1.29, 1.82) is 0 Å². The Morgan fingerprint density at radius 3 is 2.00 bits per heavy atom. The van der Waals surface area contributed by atoms with Crippen molar-refractivity contribution in [3.8, 4) is 0 Å². The minimum Gasteiger partial charge on any atom is -0.261 e. The molecule has 2 heteroatoms. The number of carbonyl (C=O) groups is 1. The van der Waals surface area contributed by atoms with Crippen molar-refractivity contribution in [2.24, 2.45) is 0 Å². The van der Waals surface area contributed by atoms with Crippen LogP contribution in [0.2, 0.25) is 0 Å². The zero-order valence-corrected chi connectivity index (χ0v) is 12.5. The molecular formula is C16H32NO+. The molecule has 18 heavy (non-hydrogen) atoms. The average molecular weight is 254 g/mol. The zero-order valence-electron chi connectivity index (χ0n) is 12.5. The summed E-state index contributed by atoms with van der Waals surface area (Å²) in [6.45, 7) is 7.62. The lowest BCUT2D eigenvalue weighted by Gasteiger charge is -2.31. The van der Waals surface area contributed by atoms with Crippen molar-refractivity contribution in [3.63, 3.8) is 0 Å². The fourth-order valence-corrected chi connectivity index (χ4v) is 3.25. The van der Waals surface area contributed by atoms with Crippen LogP contribution in [0.15, 0.2) is 0 Å². The van der Waals surface area contributed by atoms with Crippen molar-refractivity contribution in [3.05, 3.63) is 0 Å². The maximum atomic E-state index is 12.1. The summed E-state index contributed by atoms with van der Waals surface area (Å²) in [6.07, 6.45) is 12.6. The summed E-state index contributed by atoms with van der Waals surface area (Å²) in [5, 5.41) is 0. The first kappa shape index (κ1) is 15.7. The molecule has 0 saturated carbocycles. The molecule has 1 saturated heterocycles. The molecule has 1 heterocycles. The first-order valence-electron chi connectivity index (χ1n) is 8.14. The van der Waals surface area contributed by atoms with Crippen LogP contribution in [0.4, 0.5) is 0 Å². The van der Waals surface area contributed by atoms with E-state index in [-0.39, 0.29) is 0 Å². The van der Waals surface area contributed by atoms with Crippen LogP contribution in [0.25, 0.3) is 0 Å². The first-order chi connectivity index (χ1) is 8.75. The number of carbonyl (C=O) groups excluding carboxylic acids is 1. The van der Waals surface area contributed by atoms with E-state index >= 15 is 0 Å². The van der Waals surface area contributed by atoms with Crippen LogP contribution in [0.5, 0.6) is 0 Å². The molecule has 0 N–H and O–H groups in total. The SMILES string of the molecule is CCCCCCCCC[N+]1(C(=O)CC)CCCC1. The summed E-state index contributed by atoms with van der Waals surface area (Å²) >= 11 is 0. The Labute approximate surface area is 113 Å². The highest BCUT2D eigenvalue weighted by Crippen LogP contribution is 2.22. The number of hydrogen-bond acceptors (Lipinski definition) is 1. The molecule has 0 spiro atoms. The lowest BCUT2D eigenvalue weighted by molar-refractivity contribution is -0.842. The van der Waals surface area contributed by atoms with Gasteiger partial charge < -0.3 is 0 Å². The van der Waals surface area contributed by atoms with Crippen LogP contribution in [-0.4, -0.2) is 30.0 Å². The lowest BCUT2D eigenvalue weighted by Crippen LogP contribution is -2.50. The smallest absolute Gasteiger partial charge is 0.261 e. The predicted octanol–water partition coefficient (Wildman–Crippen LogP) is 4.28. The lowest BCUT2D eigenvalue weighted by atomic mass is 10.1. The molecule has 0 bridgehead atoms. The van der Waals surface area contributed by atoms with E-state index in [0.717, 1.165) is 30.5 Å². The number of rotatable bonds is 9. The highest BCUT2D eigenvalue weighted by Gasteiger charge is 2.37. The maximum absolute atomic E-state index is 12.1. The molecule has 1 aliphatic rings. The molecule has 0 unspecified atom stereocenters. The largest absolute Gasteiger partial charge is 0.313 e. The van der Waals surface area contributed by atoms with E-state index in [1.165, 1.54) is 57.8 Å². The Balaban J connectivity index is 2.17. The molecule has 1 rings (SSSR count). The van der Waals surface area contributed by atoms with Crippen LogP contribution in [0.1, 0.15) is 78.1 Å². The van der Waals surface area contributed by atoms with Gasteiger partial charge in [-0.2, -0.15) is 0 Å². The van der Waals surface area contributed by atoms with Gasteiger partial charge in [0.05, 0.1) is 26.1 Å². The number of likely N-dealkylation sites (tertiary alicyclic amines) is 1. The van der Waals surface area contributed by atoms with E-state index in [1.807, 2.05) is 6.92 Å². The van der Waals surface area contributed by atoms with Gasteiger partial charge >= 0.3 is 5.91 Å². The summed E-state index contributed by atoms with van der Waals surface area (Å²) < 4.78 is 0.811. The molecule has 106 valence electrons. The fourth-order valence-electron chi connectivity index (χ4n) is 3.25. The van der Waals surface area contributed by atoms with Gasteiger partial charge in [0.15, 0.2) is 0 Å². The highest BCUT2D eigenvalue weighted by molar-refractivity contribution is 5.68. The summed E-state index contributed by atoms with van der Waals surface area (Å²) in [5.74, 6) is 0.485. The van der Waals surface area contributed by atoms with Crippen molar-refractivity contribution < 1.29 is 9.28 Å². The Morgan fingerprint density at radius 2 is 1.44 bits per heavy atom. The standard InChI is InChI=1S/C16H32NO/c1-3-5-6-7-8-9-10-13-17(16(18)4-2)14-11-12-15-17/h3-15H2,1-2H3/q+1. The van der Waals surface area contributed by atoms with E-state index in [4.69, 9.17) is 0 Å². The molecule has 1 fully saturated rings. The van der Waals surface area contributed by atoms with Gasteiger partial charge in [0.25, 0.3) is 0 Å². The maximum Gasteiger partial charge on any atom is 0.313 e. The molecular weight excluding hydrogens is 222 g/mol. The Kier molecular flexibility index (Phi) is 7.57. The third kappa shape index (κ3) is 4.72. The van der Waals surface area contributed by atoms with Crippen molar-refractivity contribution in [2.75, 3.05) is 19.6 Å². The fraction of sp³-hybridized carbons (Fsp3) is 0.938. The van der Waals surface area contributed by atoms with Crippen LogP contribution in [0, 0.1) is 0 Å². The highest BCUT2D eigenvalue weighted by atomic mass is 16.2. The first-order valence-corrected chi connectivity index (χ1v) is 8.14. The molecule has 0 aromatic carbocycles. The van der Waals surface area contributed by atoms with Crippen LogP contribution in [0.3, 0.4) is 0 Å². The normalized spacial score (nSPS) is 18.1. The third-order valence-electron chi connectivity index (χ3n) is 4.44. The van der Waals surface area contributed by atoms with Gasteiger partial charge in [-0.1, -0.05) is 46.0 Å². The van der Waals surface area contributed by atoms with Crippen molar-refractivity contribution in [2.45, 2.75) is 78.1 Å². The predicted molar refractivity (Wildman–Crippen MR) is 77.4 cm³/mol. The molecule has 2 nitrogen and oxygen atoms in total. The van der Waals surface area contributed by atoms with Gasteiger partial charge in [-0.3, -0.25) is 4.48 Å². The number of amides is 1. The molecule has 0 aromatic rings. The Hall–Kier alpha value is -0.370. The van der Waals surface area contributed by atoms with Crippen LogP contribution >= 0.6 is 0 Å². The number of quaternary nitrogens is 1. The summed E-state index contributed by atoms with van der Waals surface area (Å²) in [6, 6.07) is 0. The second-order valence-corrected chi connectivity index (χ2v) is 5.89. The van der Waals surface area contributed by atoms with Gasteiger partial charge in [0.2, 0.25) is 0 Å². The van der Waals surface area contributed by atoms with E-state index in [2.05, 4.69) is 6.92 Å². The minimum atomic E-state index is 0.485. The third-order valence-corrected chi connectivity index (χ3v) is 4.44. The van der Waals surface area contributed by atoms with E-state index in [0.29, 0.717) is 5.91 Å². The van der Waals surface area contributed by atoms with Crippen LogP contribution in [-0.2, 0) is 4.79 Å². The Bertz CT molecular complexity index is 231. The van der Waals surface area contributed by atoms with Crippen molar-refractivity contribution in [1.82, 2.24) is 0 Å². The van der Waals surface area contributed by atoms with E-state index < -0.39 is 0 Å². The molecule has 0 aromatic heterocycles. The van der Waals surface area contributed by atoms with Crippen LogP contribution < -0.4 is 0 Å². The van der Waals surface area contributed by atoms with Gasteiger partial charge in [-0.15, -0.1) is 0 Å². The summed E-state index contributed by atoms with van der Waals surface area (Å²) in [5.41, 5.74) is 0. The topological polar surface area (TPSA) is 17.1 Å². The molecule has 1 aliphatic heterocycles. The van der Waals surface area contributed by atoms with Gasteiger partial charge in [-0.05, 0) is 12.8 Å². The van der Waals surface area contributed by atoms with Gasteiger partial charge in [0, 0.05) is 12.8 Å². The second kappa shape index (κ2) is 8.68. The number of hydrogen-bond donors (Lipinski definition) is 0. The quantitative estimate of drug-likeness (QED) is 0.443. The summed E-state index contributed by atoms with van der Waals surface area (Å²) in [7, 11) is 0. The summed E-state index contributed by atoms with van der Waals surface area (Å²) in [4.78, 5) is 12.1. The average Bonchev–Trinajstić information content (AvgIpc) is 2.87.